The quantitative estimate of drug-likeness (QED) is 0.472. The van der Waals surface area contributed by atoms with Gasteiger partial charge in [0.15, 0.2) is 0 Å². The molecule has 1 saturated carbocycles. The number of alkyl halides is 1. The Morgan fingerprint density at radius 2 is 2.43 bits per heavy atom. The molecule has 76 valence electrons. The van der Waals surface area contributed by atoms with Gasteiger partial charge in [0, 0.05) is 11.9 Å². The van der Waals surface area contributed by atoms with Gasteiger partial charge in [0.1, 0.15) is 12.4 Å². The van der Waals surface area contributed by atoms with Gasteiger partial charge in [-0.05, 0) is 18.3 Å². The lowest BCUT2D eigenvalue weighted by Crippen LogP contribution is -2.13. The van der Waals surface area contributed by atoms with Crippen LogP contribution in [0.4, 0.5) is 5.69 Å². The Kier molecular flexibility index (Phi) is 2.30. The molecule has 0 radical (unpaired) electrons. The van der Waals surface area contributed by atoms with Gasteiger partial charge in [0.2, 0.25) is 0 Å². The molecule has 5 nitrogen and oxygen atoms in total. The first kappa shape index (κ1) is 9.64. The average molecular weight is 260 g/mol. The minimum Gasteiger partial charge on any atom is -0.265 e. The molecular formula is C8H10BrN3O2. The normalized spacial score (nSPS) is 18.1. The van der Waals surface area contributed by atoms with Crippen LogP contribution in [0.25, 0.3) is 0 Å². The third kappa shape index (κ3) is 1.79. The molecule has 2 rings (SSSR count). The molecule has 1 aliphatic carbocycles. The number of hydrogen-bond acceptors (Lipinski definition) is 3. The zero-order valence-corrected chi connectivity index (χ0v) is 9.11. The van der Waals surface area contributed by atoms with Crippen LogP contribution in [-0.2, 0) is 6.54 Å². The summed E-state index contributed by atoms with van der Waals surface area (Å²) in [4.78, 5) is 9.99. The standard InChI is InChI=1S/C8H10BrN3O2/c9-5-8(1-2-8)6-11-4-7(3-10-11)12(13)14/h3-4H,1-2,5-6H2. The van der Waals surface area contributed by atoms with Crippen LogP contribution in [0, 0.1) is 15.5 Å². The summed E-state index contributed by atoms with van der Waals surface area (Å²) in [5.74, 6) is 0. The Hall–Kier alpha value is -0.910. The molecule has 0 unspecified atom stereocenters. The first-order chi connectivity index (χ1) is 6.65. The summed E-state index contributed by atoms with van der Waals surface area (Å²) in [6.45, 7) is 0.770. The van der Waals surface area contributed by atoms with Crippen LogP contribution in [0.2, 0.25) is 0 Å². The predicted octanol–water partition coefficient (Wildman–Crippen LogP) is 1.97. The van der Waals surface area contributed by atoms with Crippen molar-refractivity contribution in [2.24, 2.45) is 5.41 Å². The van der Waals surface area contributed by atoms with E-state index in [1.807, 2.05) is 0 Å². The fourth-order valence-electron chi connectivity index (χ4n) is 1.39. The van der Waals surface area contributed by atoms with Crippen molar-refractivity contribution in [1.82, 2.24) is 9.78 Å². The van der Waals surface area contributed by atoms with Crippen LogP contribution in [0.15, 0.2) is 12.4 Å². The van der Waals surface area contributed by atoms with Crippen molar-refractivity contribution < 1.29 is 4.92 Å². The Labute approximate surface area is 89.4 Å². The minimum absolute atomic E-state index is 0.0652. The molecule has 0 atom stereocenters. The summed E-state index contributed by atoms with van der Waals surface area (Å²) in [5.41, 5.74) is 0.357. The number of aromatic nitrogens is 2. The van der Waals surface area contributed by atoms with E-state index in [4.69, 9.17) is 0 Å². The van der Waals surface area contributed by atoms with Crippen LogP contribution in [0.3, 0.4) is 0 Å². The zero-order valence-electron chi connectivity index (χ0n) is 7.52. The Balaban J connectivity index is 2.07. The van der Waals surface area contributed by atoms with Crippen molar-refractivity contribution in [1.29, 1.82) is 0 Å². The molecule has 0 bridgehead atoms. The first-order valence-electron chi connectivity index (χ1n) is 4.38. The minimum atomic E-state index is -0.419. The summed E-state index contributed by atoms with van der Waals surface area (Å²) in [5, 5.41) is 15.3. The maximum atomic E-state index is 10.4. The van der Waals surface area contributed by atoms with E-state index in [1.165, 1.54) is 25.2 Å². The molecule has 0 N–H and O–H groups in total. The number of nitrogens with zero attached hydrogens (tertiary/aromatic N) is 3. The van der Waals surface area contributed by atoms with E-state index in [0.717, 1.165) is 11.9 Å². The van der Waals surface area contributed by atoms with E-state index in [9.17, 15) is 10.1 Å². The lowest BCUT2D eigenvalue weighted by molar-refractivity contribution is -0.385. The van der Waals surface area contributed by atoms with Gasteiger partial charge in [-0.25, -0.2) is 0 Å². The van der Waals surface area contributed by atoms with E-state index in [2.05, 4.69) is 21.0 Å². The molecule has 6 heteroatoms. The van der Waals surface area contributed by atoms with Gasteiger partial charge in [-0.3, -0.25) is 14.8 Å². The Morgan fingerprint density at radius 1 is 1.71 bits per heavy atom. The van der Waals surface area contributed by atoms with Crippen LogP contribution in [-0.4, -0.2) is 20.0 Å². The second kappa shape index (κ2) is 3.34. The van der Waals surface area contributed by atoms with E-state index in [-0.39, 0.29) is 5.69 Å². The molecule has 0 saturated heterocycles. The van der Waals surface area contributed by atoms with Gasteiger partial charge < -0.3 is 0 Å². The molecule has 1 aliphatic rings. The van der Waals surface area contributed by atoms with E-state index < -0.39 is 4.92 Å². The fourth-order valence-corrected chi connectivity index (χ4v) is 2.13. The fraction of sp³-hybridized carbons (Fsp3) is 0.625. The van der Waals surface area contributed by atoms with Crippen LogP contribution < -0.4 is 0 Å². The maximum absolute atomic E-state index is 10.4. The lowest BCUT2D eigenvalue weighted by atomic mass is 10.1. The third-order valence-electron chi connectivity index (χ3n) is 2.57. The smallest absolute Gasteiger partial charge is 0.265 e. The van der Waals surface area contributed by atoms with Crippen LogP contribution in [0.1, 0.15) is 12.8 Å². The van der Waals surface area contributed by atoms with Crippen molar-refractivity contribution in [2.75, 3.05) is 5.33 Å². The summed E-state index contributed by atoms with van der Waals surface area (Å²) in [7, 11) is 0. The highest BCUT2D eigenvalue weighted by molar-refractivity contribution is 9.09. The zero-order chi connectivity index (χ0) is 10.2. The van der Waals surface area contributed by atoms with Crippen molar-refractivity contribution in [3.05, 3.63) is 22.5 Å². The number of nitro groups is 1. The molecule has 0 aromatic carbocycles. The average Bonchev–Trinajstić information content (AvgIpc) is 2.75. The lowest BCUT2D eigenvalue weighted by Gasteiger charge is -2.09. The van der Waals surface area contributed by atoms with Gasteiger partial charge in [-0.15, -0.1) is 0 Å². The van der Waals surface area contributed by atoms with Gasteiger partial charge in [-0.2, -0.15) is 5.10 Å². The van der Waals surface area contributed by atoms with Crippen LogP contribution >= 0.6 is 15.9 Å². The Morgan fingerprint density at radius 3 is 2.86 bits per heavy atom. The third-order valence-corrected chi connectivity index (χ3v) is 3.76. The highest BCUT2D eigenvalue weighted by Crippen LogP contribution is 2.48. The van der Waals surface area contributed by atoms with Gasteiger partial charge >= 0.3 is 5.69 Å². The van der Waals surface area contributed by atoms with E-state index in [0.29, 0.717) is 5.41 Å². The van der Waals surface area contributed by atoms with Gasteiger partial charge in [-0.1, -0.05) is 15.9 Å². The maximum Gasteiger partial charge on any atom is 0.306 e. The number of halogens is 1. The number of hydrogen-bond donors (Lipinski definition) is 0. The van der Waals surface area contributed by atoms with Crippen LogP contribution in [0.5, 0.6) is 0 Å². The molecule has 0 spiro atoms. The molecule has 0 amide bonds. The van der Waals surface area contributed by atoms with Crippen molar-refractivity contribution >= 4 is 21.6 Å². The Bertz CT molecular complexity index is 359. The summed E-state index contributed by atoms with van der Waals surface area (Å²) < 4.78 is 1.66. The number of rotatable bonds is 4. The van der Waals surface area contributed by atoms with Crippen molar-refractivity contribution in [2.45, 2.75) is 19.4 Å². The molecule has 1 heterocycles. The molecule has 14 heavy (non-hydrogen) atoms. The summed E-state index contributed by atoms with van der Waals surface area (Å²) in [6, 6.07) is 0. The van der Waals surface area contributed by atoms with E-state index in [1.54, 1.807) is 4.68 Å². The van der Waals surface area contributed by atoms with Crippen molar-refractivity contribution in [3.63, 3.8) is 0 Å². The van der Waals surface area contributed by atoms with E-state index >= 15 is 0 Å². The summed E-state index contributed by atoms with van der Waals surface area (Å²) >= 11 is 3.45. The molecule has 1 aromatic rings. The summed E-state index contributed by atoms with van der Waals surface area (Å²) in [6.07, 6.45) is 5.13. The highest BCUT2D eigenvalue weighted by Gasteiger charge is 2.42. The van der Waals surface area contributed by atoms with Gasteiger partial charge in [0.25, 0.3) is 0 Å². The SMILES string of the molecule is O=[N+]([O-])c1cnn(CC2(CBr)CC2)c1. The largest absolute Gasteiger partial charge is 0.306 e. The predicted molar refractivity (Wildman–Crippen MR) is 54.3 cm³/mol. The van der Waals surface area contributed by atoms with Crippen molar-refractivity contribution in [3.8, 4) is 0 Å². The molecule has 0 aliphatic heterocycles. The molecule has 1 aromatic heterocycles. The molecular weight excluding hydrogens is 250 g/mol. The first-order valence-corrected chi connectivity index (χ1v) is 5.50. The molecule has 1 fully saturated rings. The van der Waals surface area contributed by atoms with Gasteiger partial charge in [0.05, 0.1) is 4.92 Å². The second-order valence-corrected chi connectivity index (χ2v) is 4.35. The monoisotopic (exact) mass is 259 g/mol. The topological polar surface area (TPSA) is 61.0 Å². The second-order valence-electron chi connectivity index (χ2n) is 3.79. The highest BCUT2D eigenvalue weighted by atomic mass is 79.9.